The fourth-order valence-electron chi connectivity index (χ4n) is 8.12. The second-order valence-electron chi connectivity index (χ2n) is 14.1. The van der Waals surface area contributed by atoms with Crippen LogP contribution in [0.25, 0.3) is 76.8 Å². The van der Waals surface area contributed by atoms with Crippen LogP contribution >= 0.6 is 0 Å². The van der Waals surface area contributed by atoms with Gasteiger partial charge in [-0.2, -0.15) is 0 Å². The van der Waals surface area contributed by atoms with E-state index in [-0.39, 0.29) is 0 Å². The Kier molecular flexibility index (Phi) is 8.24. The van der Waals surface area contributed by atoms with E-state index in [4.69, 9.17) is 0 Å². The van der Waals surface area contributed by atoms with Crippen molar-refractivity contribution < 1.29 is 0 Å². The largest absolute Gasteiger partial charge is 0.310 e. The number of hydrogen-bond donors (Lipinski definition) is 0. The lowest BCUT2D eigenvalue weighted by Crippen LogP contribution is -2.10. The third-order valence-electron chi connectivity index (χ3n) is 10.8. The van der Waals surface area contributed by atoms with Crippen LogP contribution in [-0.2, 0) is 0 Å². The first kappa shape index (κ1) is 32.4. The molecule has 0 heterocycles. The van der Waals surface area contributed by atoms with Gasteiger partial charge < -0.3 is 4.90 Å². The molecule has 1 nitrogen and oxygen atoms in total. The average Bonchev–Trinajstić information content (AvgIpc) is 3.27. The van der Waals surface area contributed by atoms with Crippen LogP contribution in [0, 0.1) is 0 Å². The Morgan fingerprint density at radius 1 is 0.218 bits per heavy atom. The highest BCUT2D eigenvalue weighted by Crippen LogP contribution is 2.41. The molecule has 0 aliphatic carbocycles. The fraction of sp³-hybridized carbons (Fsp3) is 0. The summed E-state index contributed by atoms with van der Waals surface area (Å²) >= 11 is 0. The minimum Gasteiger partial charge on any atom is -0.310 e. The molecular formula is C54H37N. The Labute approximate surface area is 322 Å². The van der Waals surface area contributed by atoms with E-state index in [0.29, 0.717) is 0 Å². The minimum absolute atomic E-state index is 1.10. The summed E-state index contributed by atoms with van der Waals surface area (Å²) in [5.41, 5.74) is 13.0. The molecular weight excluding hydrogens is 663 g/mol. The number of hydrogen-bond acceptors (Lipinski definition) is 1. The molecule has 0 bridgehead atoms. The lowest BCUT2D eigenvalue weighted by Gasteiger charge is -2.26. The number of rotatable bonds is 7. The van der Waals surface area contributed by atoms with E-state index in [1.165, 1.54) is 76.8 Å². The van der Waals surface area contributed by atoms with E-state index >= 15 is 0 Å². The van der Waals surface area contributed by atoms with Crippen LogP contribution in [0.3, 0.4) is 0 Å². The van der Waals surface area contributed by atoms with E-state index < -0.39 is 0 Å². The highest BCUT2D eigenvalue weighted by Gasteiger charge is 2.16. The van der Waals surface area contributed by atoms with Crippen molar-refractivity contribution in [2.75, 3.05) is 4.90 Å². The third-order valence-corrected chi connectivity index (χ3v) is 10.8. The van der Waals surface area contributed by atoms with Gasteiger partial charge in [-0.1, -0.05) is 176 Å². The number of nitrogens with zero attached hydrogens (tertiary/aromatic N) is 1. The fourth-order valence-corrected chi connectivity index (χ4v) is 8.12. The van der Waals surface area contributed by atoms with E-state index in [1.54, 1.807) is 0 Å². The van der Waals surface area contributed by atoms with Crippen LogP contribution in [0.1, 0.15) is 0 Å². The highest BCUT2D eigenvalue weighted by atomic mass is 15.1. The molecule has 0 aliphatic heterocycles. The van der Waals surface area contributed by atoms with Crippen LogP contribution in [0.5, 0.6) is 0 Å². The quantitative estimate of drug-likeness (QED) is 0.150. The molecule has 10 aromatic carbocycles. The van der Waals surface area contributed by atoms with Crippen molar-refractivity contribution in [2.24, 2.45) is 0 Å². The first-order valence-corrected chi connectivity index (χ1v) is 18.9. The van der Waals surface area contributed by atoms with E-state index in [2.05, 4.69) is 229 Å². The number of fused-ring (bicyclic) bond motifs is 4. The topological polar surface area (TPSA) is 3.24 Å². The molecule has 0 atom stereocenters. The molecule has 0 saturated carbocycles. The Morgan fingerprint density at radius 3 is 1.42 bits per heavy atom. The molecule has 0 aliphatic rings. The molecule has 258 valence electrons. The van der Waals surface area contributed by atoms with Crippen molar-refractivity contribution in [1.29, 1.82) is 0 Å². The van der Waals surface area contributed by atoms with Crippen molar-refractivity contribution in [1.82, 2.24) is 0 Å². The maximum Gasteiger partial charge on any atom is 0.0467 e. The van der Waals surface area contributed by atoms with Gasteiger partial charge in [0, 0.05) is 17.1 Å². The van der Waals surface area contributed by atoms with Crippen LogP contribution in [0.4, 0.5) is 17.1 Å². The Morgan fingerprint density at radius 2 is 0.709 bits per heavy atom. The zero-order valence-corrected chi connectivity index (χ0v) is 30.3. The Balaban J connectivity index is 1.08. The van der Waals surface area contributed by atoms with Gasteiger partial charge in [-0.3, -0.25) is 0 Å². The first-order valence-electron chi connectivity index (χ1n) is 18.9. The van der Waals surface area contributed by atoms with E-state index in [1.807, 2.05) is 0 Å². The zero-order chi connectivity index (χ0) is 36.6. The summed E-state index contributed by atoms with van der Waals surface area (Å²) in [6.45, 7) is 0. The molecule has 0 saturated heterocycles. The zero-order valence-electron chi connectivity index (χ0n) is 30.3. The molecule has 0 amide bonds. The van der Waals surface area contributed by atoms with Gasteiger partial charge in [0.1, 0.15) is 0 Å². The van der Waals surface area contributed by atoms with E-state index in [9.17, 15) is 0 Å². The average molecular weight is 700 g/mol. The molecule has 10 aromatic rings. The van der Waals surface area contributed by atoms with Crippen molar-refractivity contribution in [3.8, 4) is 44.5 Å². The van der Waals surface area contributed by atoms with Gasteiger partial charge in [0.25, 0.3) is 0 Å². The molecule has 0 fully saturated rings. The summed E-state index contributed by atoms with van der Waals surface area (Å²) in [4.78, 5) is 2.37. The number of benzene rings is 10. The summed E-state index contributed by atoms with van der Waals surface area (Å²) in [5.74, 6) is 0. The SMILES string of the molecule is c1ccc(-c2ccccc2-c2ccc(N(c3ccc(-c4cc5ccccc5c5ccccc45)cc3)c3cccc(-c4ccc5ccccc5c4)c3)cc2)cc1. The molecule has 55 heavy (non-hydrogen) atoms. The van der Waals surface area contributed by atoms with Crippen LogP contribution in [0.15, 0.2) is 224 Å². The molecule has 0 N–H and O–H groups in total. The third kappa shape index (κ3) is 6.12. The van der Waals surface area contributed by atoms with Crippen molar-refractivity contribution in [3.05, 3.63) is 224 Å². The molecule has 0 spiro atoms. The van der Waals surface area contributed by atoms with Crippen LogP contribution in [-0.4, -0.2) is 0 Å². The van der Waals surface area contributed by atoms with Gasteiger partial charge >= 0.3 is 0 Å². The van der Waals surface area contributed by atoms with Gasteiger partial charge in [0.05, 0.1) is 0 Å². The van der Waals surface area contributed by atoms with Crippen LogP contribution < -0.4 is 4.90 Å². The molecule has 10 rings (SSSR count). The Hall–Kier alpha value is -7.22. The minimum atomic E-state index is 1.10. The van der Waals surface area contributed by atoms with E-state index in [0.717, 1.165) is 17.1 Å². The normalized spacial score (nSPS) is 11.3. The van der Waals surface area contributed by atoms with Gasteiger partial charge in [-0.25, -0.2) is 0 Å². The predicted molar refractivity (Wildman–Crippen MR) is 235 cm³/mol. The van der Waals surface area contributed by atoms with Crippen LogP contribution in [0.2, 0.25) is 0 Å². The second kappa shape index (κ2) is 14.0. The summed E-state index contributed by atoms with van der Waals surface area (Å²) in [6, 6.07) is 81.4. The maximum absolute atomic E-state index is 2.37. The summed E-state index contributed by atoms with van der Waals surface area (Å²) in [6.07, 6.45) is 0. The van der Waals surface area contributed by atoms with Crippen molar-refractivity contribution in [3.63, 3.8) is 0 Å². The maximum atomic E-state index is 2.37. The lowest BCUT2D eigenvalue weighted by atomic mass is 9.93. The van der Waals surface area contributed by atoms with Gasteiger partial charge in [-0.15, -0.1) is 0 Å². The molecule has 0 aromatic heterocycles. The summed E-state index contributed by atoms with van der Waals surface area (Å²) in [5, 5.41) is 7.57. The number of anilines is 3. The summed E-state index contributed by atoms with van der Waals surface area (Å²) < 4.78 is 0. The standard InChI is InChI=1S/C54H37N/c1-2-14-39(15-3-1)49-20-8-9-21-50(49)40-27-31-46(32-28-40)55(48-19-12-18-43(36-48)44-26-25-38-13-4-5-16-42(38)35-44)47-33-29-41(30-34-47)54-37-45-17-6-7-22-51(45)52-23-10-11-24-53(52)54/h1-37H. The Bertz CT molecular complexity index is 2960. The smallest absolute Gasteiger partial charge is 0.0467 e. The molecule has 1 heteroatoms. The summed E-state index contributed by atoms with van der Waals surface area (Å²) in [7, 11) is 0. The van der Waals surface area contributed by atoms with Gasteiger partial charge in [-0.05, 0) is 125 Å². The molecule has 0 unspecified atom stereocenters. The highest BCUT2D eigenvalue weighted by molar-refractivity contribution is 6.13. The van der Waals surface area contributed by atoms with Gasteiger partial charge in [0.2, 0.25) is 0 Å². The monoisotopic (exact) mass is 699 g/mol. The first-order chi connectivity index (χ1) is 27.3. The molecule has 0 radical (unpaired) electrons. The van der Waals surface area contributed by atoms with Gasteiger partial charge in [0.15, 0.2) is 0 Å². The predicted octanol–water partition coefficient (Wildman–Crippen LogP) is 15.3. The van der Waals surface area contributed by atoms with Crippen molar-refractivity contribution in [2.45, 2.75) is 0 Å². The lowest BCUT2D eigenvalue weighted by molar-refractivity contribution is 1.28. The second-order valence-corrected chi connectivity index (χ2v) is 14.1. The van der Waals surface area contributed by atoms with Crippen molar-refractivity contribution >= 4 is 49.4 Å².